The zero-order valence-corrected chi connectivity index (χ0v) is 16.4. The minimum Gasteiger partial charge on any atom is -0.493 e. The third-order valence-corrected chi connectivity index (χ3v) is 5.16. The van der Waals surface area contributed by atoms with Crippen molar-refractivity contribution in [2.45, 2.75) is 19.5 Å². The van der Waals surface area contributed by atoms with Crippen LogP contribution in [0.1, 0.15) is 17.7 Å². The van der Waals surface area contributed by atoms with Crippen LogP contribution >= 0.6 is 0 Å². The molecule has 9 heteroatoms. The fourth-order valence-electron chi connectivity index (χ4n) is 2.44. The fraction of sp³-hybridized carbons (Fsp3) is 0.389. The summed E-state index contributed by atoms with van der Waals surface area (Å²) < 4.78 is 40.6. The number of nitrogens with one attached hydrogen (secondary N) is 1. The molecule has 1 heterocycles. The second-order valence-electron chi connectivity index (χ2n) is 5.89. The highest BCUT2D eigenvalue weighted by Gasteiger charge is 2.19. The number of ether oxygens (including phenoxy) is 2. The van der Waals surface area contributed by atoms with Crippen LogP contribution in [0.3, 0.4) is 0 Å². The largest absolute Gasteiger partial charge is 0.493 e. The summed E-state index contributed by atoms with van der Waals surface area (Å²) in [6, 6.07) is 8.73. The van der Waals surface area contributed by atoms with E-state index in [2.05, 4.69) is 5.32 Å². The van der Waals surface area contributed by atoms with Crippen molar-refractivity contribution < 1.29 is 27.1 Å². The molecule has 2 rings (SSSR count). The van der Waals surface area contributed by atoms with Crippen molar-refractivity contribution in [3.05, 3.63) is 47.9 Å². The monoisotopic (exact) mass is 396 g/mol. The second-order valence-corrected chi connectivity index (χ2v) is 7.87. The predicted octanol–water partition coefficient (Wildman–Crippen LogP) is 1.76. The molecule has 27 heavy (non-hydrogen) atoms. The lowest BCUT2D eigenvalue weighted by molar-refractivity contribution is -0.121. The van der Waals surface area contributed by atoms with Crippen LogP contribution in [-0.4, -0.2) is 45.7 Å². The summed E-state index contributed by atoms with van der Waals surface area (Å²) in [5.41, 5.74) is 0.844. The van der Waals surface area contributed by atoms with Crippen molar-refractivity contribution in [2.75, 3.05) is 27.0 Å². The summed E-state index contributed by atoms with van der Waals surface area (Å²) in [4.78, 5) is 12.1. The third-order valence-electron chi connectivity index (χ3n) is 3.91. The highest BCUT2D eigenvalue weighted by molar-refractivity contribution is 7.88. The molecule has 0 unspecified atom stereocenters. The fourth-order valence-corrected chi connectivity index (χ4v) is 3.23. The number of hydrogen-bond acceptors (Lipinski definition) is 6. The summed E-state index contributed by atoms with van der Waals surface area (Å²) in [6.07, 6.45) is 2.63. The van der Waals surface area contributed by atoms with Gasteiger partial charge in [0.05, 0.1) is 33.3 Å². The van der Waals surface area contributed by atoms with Crippen molar-refractivity contribution in [1.82, 2.24) is 9.62 Å². The Hall–Kier alpha value is -2.52. The van der Waals surface area contributed by atoms with Crippen LogP contribution in [0, 0.1) is 0 Å². The molecule has 0 spiro atoms. The summed E-state index contributed by atoms with van der Waals surface area (Å²) in [5.74, 6) is 1.45. The van der Waals surface area contributed by atoms with Gasteiger partial charge in [-0.3, -0.25) is 4.79 Å². The maximum atomic E-state index is 12.1. The number of carbonyl (C=O) groups excluding carboxylic acids is 1. The van der Waals surface area contributed by atoms with E-state index in [0.29, 0.717) is 23.8 Å². The molecule has 1 N–H and O–H groups in total. The summed E-state index contributed by atoms with van der Waals surface area (Å²) >= 11 is 0. The normalized spacial score (nSPS) is 11.4. The molecular formula is C18H24N2O6S. The highest BCUT2D eigenvalue weighted by atomic mass is 32.2. The lowest BCUT2D eigenvalue weighted by atomic mass is 10.2. The summed E-state index contributed by atoms with van der Waals surface area (Å²) in [6.45, 7) is 0.461. The van der Waals surface area contributed by atoms with E-state index in [1.807, 2.05) is 6.07 Å². The average molecular weight is 396 g/mol. The van der Waals surface area contributed by atoms with Crippen molar-refractivity contribution in [2.24, 2.45) is 0 Å². The number of sulfonamides is 1. The molecule has 1 aromatic carbocycles. The molecule has 1 amide bonds. The van der Waals surface area contributed by atoms with Gasteiger partial charge in [-0.05, 0) is 29.8 Å². The van der Waals surface area contributed by atoms with Crippen LogP contribution < -0.4 is 14.8 Å². The third kappa shape index (κ3) is 6.30. The molecule has 1 aromatic heterocycles. The molecule has 148 valence electrons. The molecule has 0 fully saturated rings. The van der Waals surface area contributed by atoms with Gasteiger partial charge in [-0.2, -0.15) is 4.31 Å². The van der Waals surface area contributed by atoms with Gasteiger partial charge in [0.25, 0.3) is 0 Å². The molecule has 8 nitrogen and oxygen atoms in total. The van der Waals surface area contributed by atoms with E-state index < -0.39 is 10.0 Å². The van der Waals surface area contributed by atoms with Crippen molar-refractivity contribution in [1.29, 1.82) is 0 Å². The minimum absolute atomic E-state index is 0.0427. The van der Waals surface area contributed by atoms with Crippen LogP contribution in [0.2, 0.25) is 0 Å². The first kappa shape index (κ1) is 20.8. The Labute approximate surface area is 159 Å². The predicted molar refractivity (Wildman–Crippen MR) is 100.0 cm³/mol. The molecular weight excluding hydrogens is 372 g/mol. The van der Waals surface area contributed by atoms with Gasteiger partial charge in [-0.25, -0.2) is 8.42 Å². The van der Waals surface area contributed by atoms with Gasteiger partial charge in [0.15, 0.2) is 11.5 Å². The van der Waals surface area contributed by atoms with Gasteiger partial charge >= 0.3 is 0 Å². The first-order chi connectivity index (χ1) is 12.8. The SMILES string of the molecule is COc1ccc(CNC(=O)CCN(Cc2ccco2)S(C)(=O)=O)cc1OC. The number of rotatable bonds is 10. The first-order valence-corrected chi connectivity index (χ1v) is 10.1. The standard InChI is InChI=1S/C18H24N2O6S/c1-24-16-7-6-14(11-17(16)25-2)12-19-18(21)8-9-20(27(3,22)23)13-15-5-4-10-26-15/h4-7,10-11H,8-9,12-13H2,1-3H3,(H,19,21). The lowest BCUT2D eigenvalue weighted by Gasteiger charge is -2.18. The Kier molecular flexibility index (Phi) is 7.26. The van der Waals surface area contributed by atoms with Gasteiger partial charge < -0.3 is 19.2 Å². The van der Waals surface area contributed by atoms with E-state index >= 15 is 0 Å². The summed E-state index contributed by atoms with van der Waals surface area (Å²) in [5, 5.41) is 2.77. The minimum atomic E-state index is -3.46. The molecule has 2 aromatic rings. The number of methoxy groups -OCH3 is 2. The van der Waals surface area contributed by atoms with E-state index in [-0.39, 0.29) is 25.4 Å². The van der Waals surface area contributed by atoms with Gasteiger partial charge in [0, 0.05) is 19.5 Å². The van der Waals surface area contributed by atoms with E-state index in [9.17, 15) is 13.2 Å². The molecule has 0 saturated carbocycles. The van der Waals surface area contributed by atoms with Crippen LogP contribution in [0.15, 0.2) is 41.0 Å². The molecule has 0 atom stereocenters. The quantitative estimate of drug-likeness (QED) is 0.657. The van der Waals surface area contributed by atoms with E-state index in [0.717, 1.165) is 11.8 Å². The van der Waals surface area contributed by atoms with Crippen LogP contribution in [0.25, 0.3) is 0 Å². The van der Waals surface area contributed by atoms with Gasteiger partial charge in [0.2, 0.25) is 15.9 Å². The second kappa shape index (κ2) is 9.43. The van der Waals surface area contributed by atoms with E-state index in [1.165, 1.54) is 10.6 Å². The Morgan fingerprint density at radius 3 is 2.52 bits per heavy atom. The molecule has 0 saturated heterocycles. The van der Waals surface area contributed by atoms with Crippen molar-refractivity contribution >= 4 is 15.9 Å². The lowest BCUT2D eigenvalue weighted by Crippen LogP contribution is -2.34. The molecule has 0 bridgehead atoms. The van der Waals surface area contributed by atoms with Crippen molar-refractivity contribution in [3.8, 4) is 11.5 Å². The Balaban J connectivity index is 1.89. The Morgan fingerprint density at radius 2 is 1.93 bits per heavy atom. The number of nitrogens with zero attached hydrogens (tertiary/aromatic N) is 1. The Bertz CT molecular complexity index is 849. The van der Waals surface area contributed by atoms with E-state index in [4.69, 9.17) is 13.9 Å². The molecule has 0 aliphatic rings. The first-order valence-electron chi connectivity index (χ1n) is 8.28. The average Bonchev–Trinajstić information content (AvgIpc) is 3.15. The number of benzene rings is 1. The number of furan rings is 1. The number of hydrogen-bond donors (Lipinski definition) is 1. The van der Waals surface area contributed by atoms with Gasteiger partial charge in [-0.1, -0.05) is 6.07 Å². The maximum absolute atomic E-state index is 12.1. The Morgan fingerprint density at radius 1 is 1.19 bits per heavy atom. The molecule has 0 aliphatic heterocycles. The molecule has 0 radical (unpaired) electrons. The topological polar surface area (TPSA) is 98.1 Å². The molecule has 0 aliphatic carbocycles. The smallest absolute Gasteiger partial charge is 0.221 e. The van der Waals surface area contributed by atoms with Gasteiger partial charge in [0.1, 0.15) is 5.76 Å². The van der Waals surface area contributed by atoms with Gasteiger partial charge in [-0.15, -0.1) is 0 Å². The maximum Gasteiger partial charge on any atom is 0.221 e. The summed E-state index contributed by atoms with van der Waals surface area (Å²) in [7, 11) is -0.366. The van der Waals surface area contributed by atoms with Crippen LogP contribution in [0.4, 0.5) is 0 Å². The van der Waals surface area contributed by atoms with Crippen LogP contribution in [0.5, 0.6) is 11.5 Å². The number of carbonyl (C=O) groups is 1. The van der Waals surface area contributed by atoms with Crippen molar-refractivity contribution in [3.63, 3.8) is 0 Å². The zero-order chi connectivity index (χ0) is 19.9. The zero-order valence-electron chi connectivity index (χ0n) is 15.6. The van der Waals surface area contributed by atoms with Crippen LogP contribution in [-0.2, 0) is 27.9 Å². The highest BCUT2D eigenvalue weighted by Crippen LogP contribution is 2.27. The van der Waals surface area contributed by atoms with E-state index in [1.54, 1.807) is 38.5 Å². The number of amides is 1.